The second kappa shape index (κ2) is 5.90. The van der Waals surface area contributed by atoms with Crippen LogP contribution in [-0.2, 0) is 9.53 Å². The molecule has 3 rings (SSSR count). The molecule has 1 aliphatic heterocycles. The first kappa shape index (κ1) is 14.7. The van der Waals surface area contributed by atoms with Crippen LogP contribution in [0.25, 0.3) is 6.08 Å². The van der Waals surface area contributed by atoms with Crippen molar-refractivity contribution in [2.45, 2.75) is 0 Å². The number of hydrogen-bond donors (Lipinski definition) is 0. The molecule has 0 saturated heterocycles. The van der Waals surface area contributed by atoms with Crippen molar-refractivity contribution >= 4 is 45.7 Å². The van der Waals surface area contributed by atoms with Gasteiger partial charge in [0.1, 0.15) is 0 Å². The molecule has 2 aromatic heterocycles. The number of cyclic esters (lactones) is 1. The van der Waals surface area contributed by atoms with Gasteiger partial charge in [0.2, 0.25) is 11.8 Å². The minimum absolute atomic E-state index is 0.246. The Balaban J connectivity index is 1.96. The molecule has 3 heterocycles. The van der Waals surface area contributed by atoms with Crippen LogP contribution in [0.2, 0.25) is 0 Å². The summed E-state index contributed by atoms with van der Waals surface area (Å²) >= 11 is 2.89. The monoisotopic (exact) mass is 335 g/mol. The summed E-state index contributed by atoms with van der Waals surface area (Å²) in [7, 11) is 5.34. The summed E-state index contributed by atoms with van der Waals surface area (Å²) in [6.07, 6.45) is 1.65. The van der Waals surface area contributed by atoms with Gasteiger partial charge in [0.05, 0.1) is 16.9 Å². The van der Waals surface area contributed by atoms with E-state index in [1.54, 1.807) is 13.2 Å². The van der Waals surface area contributed by atoms with E-state index in [-0.39, 0.29) is 5.70 Å². The Kier molecular flexibility index (Phi) is 3.95. The van der Waals surface area contributed by atoms with Crippen molar-refractivity contribution < 1.29 is 14.3 Å². The predicted octanol–water partition coefficient (Wildman–Crippen LogP) is 2.62. The molecule has 0 bridgehead atoms. The number of anilines is 1. The molecule has 0 unspecified atom stereocenters. The van der Waals surface area contributed by atoms with E-state index in [2.05, 4.69) is 9.98 Å². The van der Waals surface area contributed by atoms with Gasteiger partial charge in [-0.1, -0.05) is 17.4 Å². The van der Waals surface area contributed by atoms with Crippen molar-refractivity contribution in [3.8, 4) is 5.88 Å². The van der Waals surface area contributed by atoms with E-state index in [9.17, 15) is 4.79 Å². The lowest BCUT2D eigenvalue weighted by Gasteiger charge is -2.04. The maximum Gasteiger partial charge on any atom is 0.363 e. The molecule has 0 atom stereocenters. The van der Waals surface area contributed by atoms with Crippen LogP contribution in [-0.4, -0.2) is 38.1 Å². The van der Waals surface area contributed by atoms with Crippen LogP contribution in [0.3, 0.4) is 0 Å². The minimum Gasteiger partial charge on any atom is -0.480 e. The Morgan fingerprint density at radius 2 is 2.23 bits per heavy atom. The SMILES string of the molecule is COc1nc(N(C)C)sc1/C=C1/N=C(c2cccs2)OC1=O. The van der Waals surface area contributed by atoms with Crippen molar-refractivity contribution in [1.29, 1.82) is 0 Å². The Morgan fingerprint density at radius 3 is 2.86 bits per heavy atom. The molecule has 6 nitrogen and oxygen atoms in total. The van der Waals surface area contributed by atoms with Gasteiger partial charge in [-0.15, -0.1) is 11.3 Å². The van der Waals surface area contributed by atoms with Crippen LogP contribution in [0.5, 0.6) is 5.88 Å². The van der Waals surface area contributed by atoms with Crippen LogP contribution < -0.4 is 9.64 Å². The zero-order valence-electron chi connectivity index (χ0n) is 12.2. The zero-order valence-corrected chi connectivity index (χ0v) is 13.8. The van der Waals surface area contributed by atoms with Gasteiger partial charge in [-0.05, 0) is 17.5 Å². The predicted molar refractivity (Wildman–Crippen MR) is 87.9 cm³/mol. The fourth-order valence-corrected chi connectivity index (χ4v) is 3.32. The second-order valence-electron chi connectivity index (χ2n) is 4.58. The van der Waals surface area contributed by atoms with Gasteiger partial charge >= 0.3 is 5.97 Å². The lowest BCUT2D eigenvalue weighted by atomic mass is 10.3. The number of hydrogen-bond acceptors (Lipinski definition) is 8. The second-order valence-corrected chi connectivity index (χ2v) is 6.53. The van der Waals surface area contributed by atoms with E-state index in [1.807, 2.05) is 36.5 Å². The topological polar surface area (TPSA) is 64.0 Å². The summed E-state index contributed by atoms with van der Waals surface area (Å²) in [5.74, 6) is 0.335. The summed E-state index contributed by atoms with van der Waals surface area (Å²) in [6.45, 7) is 0. The smallest absolute Gasteiger partial charge is 0.363 e. The Morgan fingerprint density at radius 1 is 1.41 bits per heavy atom. The third kappa shape index (κ3) is 2.75. The zero-order chi connectivity index (χ0) is 15.7. The number of thiophene rings is 1. The molecule has 0 aromatic carbocycles. The molecule has 22 heavy (non-hydrogen) atoms. The van der Waals surface area contributed by atoms with E-state index in [1.165, 1.54) is 22.7 Å². The van der Waals surface area contributed by atoms with Crippen molar-refractivity contribution in [3.05, 3.63) is 33.0 Å². The van der Waals surface area contributed by atoms with Crippen molar-refractivity contribution in [2.24, 2.45) is 4.99 Å². The molecule has 0 radical (unpaired) electrons. The van der Waals surface area contributed by atoms with Gasteiger partial charge in [-0.3, -0.25) is 0 Å². The third-order valence-corrected chi connectivity index (χ3v) is 4.81. The molecule has 0 saturated carbocycles. The van der Waals surface area contributed by atoms with Crippen molar-refractivity contribution in [2.75, 3.05) is 26.1 Å². The van der Waals surface area contributed by atoms with E-state index < -0.39 is 5.97 Å². The maximum absolute atomic E-state index is 12.0. The van der Waals surface area contributed by atoms with Crippen LogP contribution in [0.15, 0.2) is 28.2 Å². The first-order valence-electron chi connectivity index (χ1n) is 6.37. The van der Waals surface area contributed by atoms with Gasteiger partial charge in [0.15, 0.2) is 10.8 Å². The number of aliphatic imine (C=N–C) groups is 1. The highest BCUT2D eigenvalue weighted by molar-refractivity contribution is 7.16. The molecule has 0 amide bonds. The quantitative estimate of drug-likeness (QED) is 0.635. The van der Waals surface area contributed by atoms with E-state index in [0.717, 1.165) is 14.9 Å². The first-order valence-corrected chi connectivity index (χ1v) is 8.06. The molecule has 114 valence electrons. The number of esters is 1. The number of carbonyl (C=O) groups excluding carboxylic acids is 1. The molecule has 1 aliphatic rings. The molecule has 0 spiro atoms. The molecular formula is C14H13N3O3S2. The van der Waals surface area contributed by atoms with Crippen molar-refractivity contribution in [3.63, 3.8) is 0 Å². The average Bonchev–Trinajstić information content (AvgIpc) is 3.19. The van der Waals surface area contributed by atoms with Gasteiger partial charge in [-0.2, -0.15) is 4.98 Å². The Labute approximate surface area is 135 Å². The van der Waals surface area contributed by atoms with Crippen LogP contribution in [0.1, 0.15) is 9.75 Å². The maximum atomic E-state index is 12.0. The van der Waals surface area contributed by atoms with Gasteiger partial charge in [-0.25, -0.2) is 9.79 Å². The summed E-state index contributed by atoms with van der Waals surface area (Å²) < 4.78 is 10.5. The Hall–Kier alpha value is -2.19. The van der Waals surface area contributed by atoms with E-state index in [4.69, 9.17) is 9.47 Å². The lowest BCUT2D eigenvalue weighted by Crippen LogP contribution is -2.07. The van der Waals surface area contributed by atoms with Gasteiger partial charge in [0.25, 0.3) is 0 Å². The van der Waals surface area contributed by atoms with Gasteiger partial charge < -0.3 is 14.4 Å². The standard InChI is InChI=1S/C14H13N3O3S2/c1-17(2)14-16-11(19-3)10(22-14)7-8-13(18)20-12(15-8)9-5-4-6-21-9/h4-7H,1-3H3/b8-7+. The number of rotatable bonds is 4. The number of nitrogens with zero attached hydrogens (tertiary/aromatic N) is 3. The summed E-state index contributed by atoms with van der Waals surface area (Å²) in [5.41, 5.74) is 0.246. The highest BCUT2D eigenvalue weighted by atomic mass is 32.1. The minimum atomic E-state index is -0.467. The van der Waals surface area contributed by atoms with Crippen LogP contribution >= 0.6 is 22.7 Å². The van der Waals surface area contributed by atoms with Gasteiger partial charge in [0, 0.05) is 14.1 Å². The summed E-state index contributed by atoms with van der Waals surface area (Å²) in [4.78, 5) is 24.0. The highest BCUT2D eigenvalue weighted by Gasteiger charge is 2.26. The first-order chi connectivity index (χ1) is 10.6. The number of carbonyl (C=O) groups is 1. The fraction of sp³-hybridized carbons (Fsp3) is 0.214. The number of thiazole rings is 1. The van der Waals surface area contributed by atoms with Crippen LogP contribution in [0.4, 0.5) is 5.13 Å². The largest absolute Gasteiger partial charge is 0.480 e. The molecular weight excluding hydrogens is 322 g/mol. The van der Waals surface area contributed by atoms with Crippen LogP contribution in [0, 0.1) is 0 Å². The summed E-state index contributed by atoms with van der Waals surface area (Å²) in [6, 6.07) is 3.74. The lowest BCUT2D eigenvalue weighted by molar-refractivity contribution is -0.129. The number of aromatic nitrogens is 1. The molecule has 8 heteroatoms. The number of ether oxygens (including phenoxy) is 2. The summed E-state index contributed by atoms with van der Waals surface area (Å²) in [5, 5.41) is 2.70. The Bertz CT molecular complexity index is 760. The molecule has 0 fully saturated rings. The molecule has 0 N–H and O–H groups in total. The van der Waals surface area contributed by atoms with Crippen molar-refractivity contribution in [1.82, 2.24) is 4.98 Å². The number of methoxy groups -OCH3 is 1. The fourth-order valence-electron chi connectivity index (χ4n) is 1.77. The highest BCUT2D eigenvalue weighted by Crippen LogP contribution is 2.33. The van der Waals surface area contributed by atoms with E-state index >= 15 is 0 Å². The molecule has 0 aliphatic carbocycles. The molecule has 2 aromatic rings. The normalized spacial score (nSPS) is 15.9. The third-order valence-electron chi connectivity index (χ3n) is 2.81. The average molecular weight is 335 g/mol. The van der Waals surface area contributed by atoms with E-state index in [0.29, 0.717) is 11.8 Å².